The first kappa shape index (κ1) is 20.7. The Hall–Kier alpha value is -3.06. The molecule has 0 aromatic heterocycles. The van der Waals surface area contributed by atoms with Crippen LogP contribution in [0.5, 0.6) is 11.5 Å². The Balaban J connectivity index is 1.45. The molecule has 0 fully saturated rings. The van der Waals surface area contributed by atoms with Gasteiger partial charge >= 0.3 is 5.97 Å². The van der Waals surface area contributed by atoms with E-state index in [1.54, 1.807) is 24.3 Å². The number of likely N-dealkylation sites (N-methyl/N-ethyl adjacent to an activating group) is 1. The molecule has 1 amide bonds. The van der Waals surface area contributed by atoms with Crippen LogP contribution in [0.15, 0.2) is 48.5 Å². The van der Waals surface area contributed by atoms with Crippen molar-refractivity contribution in [1.82, 2.24) is 4.90 Å². The highest BCUT2D eigenvalue weighted by molar-refractivity contribution is 5.94. The van der Waals surface area contributed by atoms with Crippen molar-refractivity contribution >= 4 is 17.6 Å². The first-order valence-corrected chi connectivity index (χ1v) is 9.69. The van der Waals surface area contributed by atoms with E-state index >= 15 is 0 Å². The summed E-state index contributed by atoms with van der Waals surface area (Å²) in [5, 5.41) is 2.83. The molecule has 7 heteroatoms. The summed E-state index contributed by atoms with van der Waals surface area (Å²) in [5.74, 6) is 0.956. The summed E-state index contributed by atoms with van der Waals surface area (Å²) < 4.78 is 16.7. The maximum Gasteiger partial charge on any atom is 0.338 e. The Kier molecular flexibility index (Phi) is 7.08. The average molecular weight is 398 g/mol. The molecular weight excluding hydrogens is 372 g/mol. The number of fused-ring (bicyclic) bond motifs is 1. The van der Waals surface area contributed by atoms with Crippen LogP contribution in [0.25, 0.3) is 0 Å². The lowest BCUT2D eigenvalue weighted by molar-refractivity contribution is -0.117. The van der Waals surface area contributed by atoms with E-state index in [1.807, 2.05) is 43.1 Å². The van der Waals surface area contributed by atoms with E-state index in [4.69, 9.17) is 14.2 Å². The monoisotopic (exact) mass is 398 g/mol. The molecule has 2 aromatic rings. The van der Waals surface area contributed by atoms with Crippen molar-refractivity contribution in [2.75, 3.05) is 38.7 Å². The van der Waals surface area contributed by atoms with Crippen molar-refractivity contribution < 1.29 is 23.8 Å². The van der Waals surface area contributed by atoms with E-state index in [1.165, 1.54) is 0 Å². The minimum atomic E-state index is -0.360. The van der Waals surface area contributed by atoms with Gasteiger partial charge < -0.3 is 19.5 Å². The fourth-order valence-corrected chi connectivity index (χ4v) is 2.98. The number of para-hydroxylation sites is 2. The van der Waals surface area contributed by atoms with Crippen LogP contribution >= 0.6 is 0 Å². The lowest BCUT2D eigenvalue weighted by atomic mass is 10.2. The van der Waals surface area contributed by atoms with Crippen LogP contribution in [0, 0.1) is 0 Å². The second-order valence-corrected chi connectivity index (χ2v) is 6.96. The first-order valence-electron chi connectivity index (χ1n) is 9.69. The van der Waals surface area contributed by atoms with E-state index in [-0.39, 0.29) is 24.5 Å². The Morgan fingerprint density at radius 1 is 1.14 bits per heavy atom. The fraction of sp³-hybridized carbons (Fsp3) is 0.364. The van der Waals surface area contributed by atoms with Crippen LogP contribution in [0.1, 0.15) is 23.7 Å². The molecule has 1 N–H and O–H groups in total. The van der Waals surface area contributed by atoms with Crippen LogP contribution in [0.3, 0.4) is 0 Å². The zero-order valence-electron chi connectivity index (χ0n) is 16.7. The minimum absolute atomic E-state index is 0.142. The van der Waals surface area contributed by atoms with E-state index in [0.29, 0.717) is 31.0 Å². The highest BCUT2D eigenvalue weighted by atomic mass is 16.6. The zero-order chi connectivity index (χ0) is 20.6. The van der Waals surface area contributed by atoms with Gasteiger partial charge in [-0.15, -0.1) is 0 Å². The van der Waals surface area contributed by atoms with E-state index in [2.05, 4.69) is 5.32 Å². The van der Waals surface area contributed by atoms with Gasteiger partial charge in [-0.25, -0.2) is 4.79 Å². The number of esters is 1. The van der Waals surface area contributed by atoms with Crippen molar-refractivity contribution in [2.24, 2.45) is 0 Å². The molecule has 0 saturated heterocycles. The first-order chi connectivity index (χ1) is 14.0. The van der Waals surface area contributed by atoms with Crippen molar-refractivity contribution in [1.29, 1.82) is 0 Å². The van der Waals surface area contributed by atoms with Crippen LogP contribution in [-0.2, 0) is 9.53 Å². The third-order valence-electron chi connectivity index (χ3n) is 4.34. The summed E-state index contributed by atoms with van der Waals surface area (Å²) in [4.78, 5) is 26.0. The number of ether oxygens (including phenoxy) is 3. The number of carbonyl (C=O) groups excluding carboxylic acids is 2. The Morgan fingerprint density at radius 3 is 2.59 bits per heavy atom. The normalized spacial score (nSPS) is 15.1. The van der Waals surface area contributed by atoms with Gasteiger partial charge in [-0.2, -0.15) is 0 Å². The molecule has 2 aromatic carbocycles. The lowest BCUT2D eigenvalue weighted by Crippen LogP contribution is -2.42. The molecule has 1 heterocycles. The molecule has 1 aliphatic heterocycles. The number of rotatable bonds is 8. The number of amides is 1. The lowest BCUT2D eigenvalue weighted by Gasteiger charge is -2.29. The topological polar surface area (TPSA) is 77.1 Å². The SMILES string of the molecule is CCCOC(=O)c1ccc(NC(=O)CN(C)C[C@H]2COc3ccccc3O2)cc1. The maximum atomic E-state index is 12.3. The second-order valence-electron chi connectivity index (χ2n) is 6.96. The third kappa shape index (κ3) is 5.96. The van der Waals surface area contributed by atoms with Gasteiger partial charge in [0.1, 0.15) is 12.7 Å². The van der Waals surface area contributed by atoms with E-state index < -0.39 is 0 Å². The number of hydrogen-bond acceptors (Lipinski definition) is 6. The van der Waals surface area contributed by atoms with Gasteiger partial charge in [-0.3, -0.25) is 9.69 Å². The molecule has 0 unspecified atom stereocenters. The largest absolute Gasteiger partial charge is 0.486 e. The molecule has 0 saturated carbocycles. The summed E-state index contributed by atoms with van der Waals surface area (Å²) >= 11 is 0. The standard InChI is InChI=1S/C22H26N2O5/c1-3-12-27-22(26)16-8-10-17(11-9-16)23-21(25)14-24(2)13-18-15-28-19-6-4-5-7-20(19)29-18/h4-11,18H,3,12-15H2,1-2H3,(H,23,25)/t18-/m0/s1. The van der Waals surface area contributed by atoms with Crippen molar-refractivity contribution in [2.45, 2.75) is 19.4 Å². The smallest absolute Gasteiger partial charge is 0.338 e. The number of hydrogen-bond donors (Lipinski definition) is 1. The van der Waals surface area contributed by atoms with Gasteiger partial charge in [0.2, 0.25) is 5.91 Å². The highest BCUT2D eigenvalue weighted by Gasteiger charge is 2.22. The van der Waals surface area contributed by atoms with Gasteiger partial charge in [0.25, 0.3) is 0 Å². The van der Waals surface area contributed by atoms with Crippen LogP contribution in [0.2, 0.25) is 0 Å². The minimum Gasteiger partial charge on any atom is -0.486 e. The number of nitrogens with zero attached hydrogens (tertiary/aromatic N) is 1. The number of nitrogens with one attached hydrogen (secondary N) is 1. The van der Waals surface area contributed by atoms with Gasteiger partial charge in [0.15, 0.2) is 11.5 Å². The molecule has 0 aliphatic carbocycles. The summed E-state index contributed by atoms with van der Waals surface area (Å²) in [5.41, 5.74) is 1.09. The second kappa shape index (κ2) is 9.93. The quantitative estimate of drug-likeness (QED) is 0.689. The molecule has 7 nitrogen and oxygen atoms in total. The van der Waals surface area contributed by atoms with E-state index in [0.717, 1.165) is 17.9 Å². The molecular formula is C22H26N2O5. The highest BCUT2D eigenvalue weighted by Crippen LogP contribution is 2.30. The van der Waals surface area contributed by atoms with E-state index in [9.17, 15) is 9.59 Å². The number of anilines is 1. The molecule has 3 rings (SSSR count). The third-order valence-corrected chi connectivity index (χ3v) is 4.34. The number of benzene rings is 2. The van der Waals surface area contributed by atoms with Crippen LogP contribution in [-0.4, -0.2) is 56.2 Å². The fourth-order valence-electron chi connectivity index (χ4n) is 2.98. The van der Waals surface area contributed by atoms with Crippen LogP contribution < -0.4 is 14.8 Å². The summed E-state index contributed by atoms with van der Waals surface area (Å²) in [7, 11) is 1.86. The molecule has 0 spiro atoms. The van der Waals surface area contributed by atoms with Gasteiger partial charge in [-0.1, -0.05) is 19.1 Å². The maximum absolute atomic E-state index is 12.3. The molecule has 29 heavy (non-hydrogen) atoms. The molecule has 1 atom stereocenters. The molecule has 1 aliphatic rings. The molecule has 154 valence electrons. The molecule has 0 bridgehead atoms. The Labute approximate surface area is 170 Å². The Morgan fingerprint density at radius 2 is 1.86 bits per heavy atom. The number of carbonyl (C=O) groups is 2. The van der Waals surface area contributed by atoms with Crippen molar-refractivity contribution in [3.63, 3.8) is 0 Å². The van der Waals surface area contributed by atoms with Crippen molar-refractivity contribution in [3.05, 3.63) is 54.1 Å². The average Bonchev–Trinajstić information content (AvgIpc) is 2.72. The molecule has 0 radical (unpaired) electrons. The summed E-state index contributed by atoms with van der Waals surface area (Å²) in [6.45, 7) is 3.55. The van der Waals surface area contributed by atoms with Crippen molar-refractivity contribution in [3.8, 4) is 11.5 Å². The zero-order valence-corrected chi connectivity index (χ0v) is 16.7. The van der Waals surface area contributed by atoms with Gasteiger partial charge in [0, 0.05) is 12.2 Å². The predicted octanol–water partition coefficient (Wildman–Crippen LogP) is 2.96. The van der Waals surface area contributed by atoms with Gasteiger partial charge in [-0.05, 0) is 49.9 Å². The Bertz CT molecular complexity index is 837. The summed E-state index contributed by atoms with van der Waals surface area (Å²) in [6, 6.07) is 14.2. The predicted molar refractivity (Wildman–Crippen MR) is 109 cm³/mol. The summed E-state index contributed by atoms with van der Waals surface area (Å²) in [6.07, 6.45) is 0.633. The van der Waals surface area contributed by atoms with Crippen LogP contribution in [0.4, 0.5) is 5.69 Å². The van der Waals surface area contributed by atoms with Gasteiger partial charge in [0.05, 0.1) is 18.7 Å².